The molecule has 0 atom stereocenters. The van der Waals surface area contributed by atoms with Crippen LogP contribution in [0.3, 0.4) is 0 Å². The van der Waals surface area contributed by atoms with E-state index in [2.05, 4.69) is 5.32 Å². The van der Waals surface area contributed by atoms with Crippen LogP contribution in [-0.2, 0) is 4.79 Å². The Labute approximate surface area is 124 Å². The number of benzene rings is 1. The summed E-state index contributed by atoms with van der Waals surface area (Å²) < 4.78 is 13.5. The number of nitrogens with two attached hydrogens (primary N) is 1. The van der Waals surface area contributed by atoms with Crippen LogP contribution in [0.1, 0.15) is 38.5 Å². The topological polar surface area (TPSA) is 55.1 Å². The number of hydrogen-bond donors (Lipinski definition) is 2. The molecular weight excluding hydrogens is 267 g/mol. The summed E-state index contributed by atoms with van der Waals surface area (Å²) in [6.45, 7) is 0. The summed E-state index contributed by atoms with van der Waals surface area (Å²) in [5, 5.41) is 2.93. The Balaban J connectivity index is 1.56. The SMILES string of the molecule is Nc1ccc(NC(=O)C23CC4CC(CC(C4)C2)C3)cc1F. The van der Waals surface area contributed by atoms with Crippen LogP contribution >= 0.6 is 0 Å². The number of amides is 1. The van der Waals surface area contributed by atoms with Gasteiger partial charge in [0.25, 0.3) is 0 Å². The Bertz CT molecular complexity index is 563. The summed E-state index contributed by atoms with van der Waals surface area (Å²) in [6.07, 6.45) is 6.97. The lowest BCUT2D eigenvalue weighted by atomic mass is 9.49. The lowest BCUT2D eigenvalue weighted by Gasteiger charge is -2.55. The van der Waals surface area contributed by atoms with E-state index in [1.165, 1.54) is 31.4 Å². The first-order chi connectivity index (χ1) is 10.0. The Morgan fingerprint density at radius 3 is 2.24 bits per heavy atom. The van der Waals surface area contributed by atoms with Crippen molar-refractivity contribution in [1.82, 2.24) is 0 Å². The van der Waals surface area contributed by atoms with Crippen LogP contribution in [0.2, 0.25) is 0 Å². The number of carbonyl (C=O) groups excluding carboxylic acids is 1. The second kappa shape index (κ2) is 4.46. The molecule has 4 fully saturated rings. The van der Waals surface area contributed by atoms with Crippen LogP contribution in [0.5, 0.6) is 0 Å². The molecule has 4 bridgehead atoms. The quantitative estimate of drug-likeness (QED) is 0.817. The molecule has 0 radical (unpaired) electrons. The third-order valence-electron chi connectivity index (χ3n) is 5.78. The number of rotatable bonds is 2. The summed E-state index contributed by atoms with van der Waals surface area (Å²) in [5.74, 6) is 1.80. The molecule has 0 spiro atoms. The monoisotopic (exact) mass is 288 g/mol. The van der Waals surface area contributed by atoms with Gasteiger partial charge in [-0.15, -0.1) is 0 Å². The molecule has 3 nitrogen and oxygen atoms in total. The minimum absolute atomic E-state index is 0.0887. The van der Waals surface area contributed by atoms with Crippen LogP contribution < -0.4 is 11.1 Å². The molecule has 21 heavy (non-hydrogen) atoms. The zero-order valence-electron chi connectivity index (χ0n) is 12.1. The molecule has 1 amide bonds. The zero-order chi connectivity index (χ0) is 14.6. The van der Waals surface area contributed by atoms with Crippen molar-refractivity contribution in [1.29, 1.82) is 0 Å². The van der Waals surface area contributed by atoms with Gasteiger partial charge in [-0.3, -0.25) is 4.79 Å². The van der Waals surface area contributed by atoms with Gasteiger partial charge in [0.2, 0.25) is 5.91 Å². The van der Waals surface area contributed by atoms with Crippen molar-refractivity contribution in [3.8, 4) is 0 Å². The van der Waals surface area contributed by atoms with E-state index in [4.69, 9.17) is 5.73 Å². The highest BCUT2D eigenvalue weighted by molar-refractivity contribution is 5.95. The van der Waals surface area contributed by atoms with Crippen LogP contribution in [0.15, 0.2) is 18.2 Å². The maximum atomic E-state index is 13.5. The summed E-state index contributed by atoms with van der Waals surface area (Å²) in [4.78, 5) is 12.8. The third kappa shape index (κ3) is 2.12. The Morgan fingerprint density at radius 1 is 1.14 bits per heavy atom. The third-order valence-corrected chi connectivity index (χ3v) is 5.78. The van der Waals surface area contributed by atoms with E-state index >= 15 is 0 Å². The van der Waals surface area contributed by atoms with E-state index in [0.29, 0.717) is 5.69 Å². The second-order valence-corrected chi connectivity index (χ2v) is 7.39. The first-order valence-electron chi connectivity index (χ1n) is 7.90. The van der Waals surface area contributed by atoms with Gasteiger partial charge in [-0.05, 0) is 74.5 Å². The van der Waals surface area contributed by atoms with Gasteiger partial charge < -0.3 is 11.1 Å². The van der Waals surface area contributed by atoms with E-state index in [1.54, 1.807) is 6.07 Å². The first kappa shape index (κ1) is 13.1. The van der Waals surface area contributed by atoms with E-state index in [0.717, 1.165) is 37.0 Å². The van der Waals surface area contributed by atoms with Crippen LogP contribution in [-0.4, -0.2) is 5.91 Å². The van der Waals surface area contributed by atoms with Gasteiger partial charge in [-0.2, -0.15) is 0 Å². The Hall–Kier alpha value is -1.58. The molecule has 1 aromatic rings. The fourth-order valence-electron chi connectivity index (χ4n) is 5.26. The molecule has 0 saturated heterocycles. The number of hydrogen-bond acceptors (Lipinski definition) is 2. The summed E-state index contributed by atoms with van der Waals surface area (Å²) in [7, 11) is 0. The lowest BCUT2D eigenvalue weighted by molar-refractivity contribution is -0.140. The molecule has 5 rings (SSSR count). The predicted octanol–water partition coefficient (Wildman–Crippen LogP) is 3.56. The van der Waals surface area contributed by atoms with Gasteiger partial charge in [-0.1, -0.05) is 0 Å². The summed E-state index contributed by atoms with van der Waals surface area (Å²) in [6, 6.07) is 4.50. The molecule has 0 aromatic heterocycles. The number of anilines is 2. The molecule has 0 heterocycles. The number of nitrogens with one attached hydrogen (secondary N) is 1. The maximum absolute atomic E-state index is 13.5. The van der Waals surface area contributed by atoms with Gasteiger partial charge >= 0.3 is 0 Å². The van der Waals surface area contributed by atoms with E-state index < -0.39 is 5.82 Å². The highest BCUT2D eigenvalue weighted by Gasteiger charge is 2.54. The normalized spacial score (nSPS) is 36.7. The van der Waals surface area contributed by atoms with Crippen molar-refractivity contribution in [2.45, 2.75) is 38.5 Å². The van der Waals surface area contributed by atoms with Crippen molar-refractivity contribution in [2.75, 3.05) is 11.1 Å². The lowest BCUT2D eigenvalue weighted by Crippen LogP contribution is -2.51. The number of carbonyl (C=O) groups is 1. The minimum atomic E-state index is -0.474. The zero-order valence-corrected chi connectivity index (χ0v) is 12.1. The van der Waals surface area contributed by atoms with Crippen molar-refractivity contribution in [2.24, 2.45) is 23.2 Å². The summed E-state index contributed by atoms with van der Waals surface area (Å²) >= 11 is 0. The molecule has 3 N–H and O–H groups in total. The smallest absolute Gasteiger partial charge is 0.230 e. The average Bonchev–Trinajstić information content (AvgIpc) is 2.41. The highest BCUT2D eigenvalue weighted by atomic mass is 19.1. The second-order valence-electron chi connectivity index (χ2n) is 7.39. The van der Waals surface area contributed by atoms with Crippen LogP contribution in [0.25, 0.3) is 0 Å². The minimum Gasteiger partial charge on any atom is -0.396 e. The van der Waals surface area contributed by atoms with Gasteiger partial charge in [0.05, 0.1) is 11.1 Å². The molecule has 1 aromatic carbocycles. The Kier molecular flexibility index (Phi) is 2.78. The van der Waals surface area contributed by atoms with Gasteiger partial charge in [-0.25, -0.2) is 4.39 Å². The molecule has 4 aliphatic carbocycles. The molecular formula is C17H21FN2O. The van der Waals surface area contributed by atoms with E-state index in [1.807, 2.05) is 0 Å². The van der Waals surface area contributed by atoms with Gasteiger partial charge in [0.1, 0.15) is 5.82 Å². The first-order valence-corrected chi connectivity index (χ1v) is 7.90. The van der Waals surface area contributed by atoms with E-state index in [9.17, 15) is 9.18 Å². The standard InChI is InChI=1S/C17H21FN2O/c18-14-6-13(1-2-15(14)19)20-16(21)17-7-10-3-11(8-17)5-12(4-10)9-17/h1-2,6,10-12H,3-5,7-9,19H2,(H,20,21). The van der Waals surface area contributed by atoms with Crippen molar-refractivity contribution in [3.05, 3.63) is 24.0 Å². The van der Waals surface area contributed by atoms with Crippen LogP contribution in [0.4, 0.5) is 15.8 Å². The van der Waals surface area contributed by atoms with Crippen LogP contribution in [0, 0.1) is 29.0 Å². The molecule has 4 aliphatic rings. The highest BCUT2D eigenvalue weighted by Crippen LogP contribution is 2.60. The molecule has 0 aliphatic heterocycles. The van der Waals surface area contributed by atoms with Crippen molar-refractivity contribution >= 4 is 17.3 Å². The van der Waals surface area contributed by atoms with E-state index in [-0.39, 0.29) is 17.0 Å². The van der Waals surface area contributed by atoms with Crippen molar-refractivity contribution in [3.63, 3.8) is 0 Å². The van der Waals surface area contributed by atoms with Gasteiger partial charge in [0, 0.05) is 5.69 Å². The fourth-order valence-corrected chi connectivity index (χ4v) is 5.26. The predicted molar refractivity (Wildman–Crippen MR) is 80.0 cm³/mol. The molecule has 0 unspecified atom stereocenters. The maximum Gasteiger partial charge on any atom is 0.230 e. The number of halogens is 1. The van der Waals surface area contributed by atoms with Gasteiger partial charge in [0.15, 0.2) is 0 Å². The molecule has 4 saturated carbocycles. The fraction of sp³-hybridized carbons (Fsp3) is 0.588. The van der Waals surface area contributed by atoms with Crippen molar-refractivity contribution < 1.29 is 9.18 Å². The number of nitrogen functional groups attached to an aromatic ring is 1. The largest absolute Gasteiger partial charge is 0.396 e. The molecule has 4 heteroatoms. The molecule has 112 valence electrons. The summed E-state index contributed by atoms with van der Waals surface area (Å²) in [5.41, 5.74) is 5.91. The Morgan fingerprint density at radius 2 is 1.71 bits per heavy atom. The average molecular weight is 288 g/mol.